The van der Waals surface area contributed by atoms with Gasteiger partial charge in [-0.2, -0.15) is 0 Å². The van der Waals surface area contributed by atoms with Crippen LogP contribution in [-0.2, 0) is 5.41 Å². The maximum absolute atomic E-state index is 10.4. The van der Waals surface area contributed by atoms with E-state index in [4.69, 9.17) is 10.5 Å². The molecule has 33 heavy (non-hydrogen) atoms. The summed E-state index contributed by atoms with van der Waals surface area (Å²) in [7, 11) is 0. The predicted molar refractivity (Wildman–Crippen MR) is 140 cm³/mol. The lowest BCUT2D eigenvalue weighted by atomic mass is 9.70. The lowest BCUT2D eigenvalue weighted by Gasteiger charge is -2.34. The van der Waals surface area contributed by atoms with Gasteiger partial charge in [0.2, 0.25) is 0 Å². The summed E-state index contributed by atoms with van der Waals surface area (Å²) >= 11 is 0. The molecule has 0 aliphatic heterocycles. The van der Waals surface area contributed by atoms with E-state index in [1.165, 1.54) is 27.8 Å². The maximum atomic E-state index is 10.4. The van der Waals surface area contributed by atoms with Crippen LogP contribution < -0.4 is 10.5 Å². The summed E-state index contributed by atoms with van der Waals surface area (Å²) in [4.78, 5) is 0. The minimum Gasteiger partial charge on any atom is -0.493 e. The molecular weight excluding hydrogens is 406 g/mol. The second kappa shape index (κ2) is 11.4. The van der Waals surface area contributed by atoms with Crippen molar-refractivity contribution in [1.82, 2.24) is 0 Å². The summed E-state index contributed by atoms with van der Waals surface area (Å²) in [6, 6.07) is 13.6. The van der Waals surface area contributed by atoms with E-state index in [-0.39, 0.29) is 5.41 Å². The predicted octanol–water partition coefficient (Wildman–Crippen LogP) is 6.85. The first kappa shape index (κ1) is 25.5. The van der Waals surface area contributed by atoms with Gasteiger partial charge in [0.25, 0.3) is 0 Å². The lowest BCUT2D eigenvalue weighted by molar-refractivity contribution is 0.0150. The third kappa shape index (κ3) is 5.88. The number of ether oxygens (including phenoxy) is 1. The molecule has 3 heteroatoms. The fraction of sp³-hybridized carbons (Fsp3) is 0.533. The van der Waals surface area contributed by atoms with E-state index < -0.39 is 5.60 Å². The molecule has 0 spiro atoms. The zero-order valence-corrected chi connectivity index (χ0v) is 21.1. The van der Waals surface area contributed by atoms with Crippen LogP contribution in [0.1, 0.15) is 93.0 Å². The summed E-state index contributed by atoms with van der Waals surface area (Å²) in [6.45, 7) is 10.4. The highest BCUT2D eigenvalue weighted by atomic mass is 16.5. The second-order valence-corrected chi connectivity index (χ2v) is 9.83. The van der Waals surface area contributed by atoms with Gasteiger partial charge in [-0.05, 0) is 106 Å². The van der Waals surface area contributed by atoms with E-state index in [0.29, 0.717) is 0 Å². The third-order valence-electron chi connectivity index (χ3n) is 7.66. The largest absolute Gasteiger partial charge is 0.493 e. The first-order chi connectivity index (χ1) is 15.9. The molecule has 0 amide bonds. The van der Waals surface area contributed by atoms with Crippen LogP contribution in [0.3, 0.4) is 0 Å². The van der Waals surface area contributed by atoms with Gasteiger partial charge in [0.1, 0.15) is 5.75 Å². The van der Waals surface area contributed by atoms with Crippen molar-refractivity contribution in [2.24, 2.45) is 5.73 Å². The number of rotatable bonds is 12. The van der Waals surface area contributed by atoms with Gasteiger partial charge in [0.05, 0.1) is 12.2 Å². The van der Waals surface area contributed by atoms with Crippen LogP contribution in [0.5, 0.6) is 5.75 Å². The van der Waals surface area contributed by atoms with E-state index in [9.17, 15) is 5.11 Å². The van der Waals surface area contributed by atoms with E-state index in [1.54, 1.807) is 0 Å². The molecule has 3 rings (SSSR count). The highest BCUT2D eigenvalue weighted by Crippen LogP contribution is 2.41. The summed E-state index contributed by atoms with van der Waals surface area (Å²) in [5.74, 6) is 0.984. The molecule has 0 saturated heterocycles. The number of aliphatic hydroxyl groups is 1. The Morgan fingerprint density at radius 3 is 2.18 bits per heavy atom. The molecule has 3 N–H and O–H groups in total. The van der Waals surface area contributed by atoms with Gasteiger partial charge in [-0.3, -0.25) is 0 Å². The van der Waals surface area contributed by atoms with Gasteiger partial charge in [-0.25, -0.2) is 0 Å². The Balaban J connectivity index is 1.81. The van der Waals surface area contributed by atoms with Crippen LogP contribution >= 0.6 is 0 Å². The fourth-order valence-electron chi connectivity index (χ4n) is 5.06. The highest BCUT2D eigenvalue weighted by molar-refractivity contribution is 5.57. The zero-order chi connectivity index (χ0) is 23.9. The molecule has 2 aromatic rings. The molecular formula is C30H43NO2. The van der Waals surface area contributed by atoms with Crippen molar-refractivity contribution in [2.45, 2.75) is 90.1 Å². The minimum absolute atomic E-state index is 0.0242. The first-order valence-electron chi connectivity index (χ1n) is 12.8. The number of benzene rings is 2. The Kier molecular flexibility index (Phi) is 8.78. The Morgan fingerprint density at radius 2 is 1.64 bits per heavy atom. The Hall–Kier alpha value is -2.10. The van der Waals surface area contributed by atoms with Crippen LogP contribution in [0.2, 0.25) is 0 Å². The molecule has 0 atom stereocenters. The molecule has 1 saturated carbocycles. The van der Waals surface area contributed by atoms with Crippen LogP contribution in [-0.4, -0.2) is 23.9 Å². The summed E-state index contributed by atoms with van der Waals surface area (Å²) in [6.07, 6.45) is 12.3. The van der Waals surface area contributed by atoms with Crippen LogP contribution in [0.25, 0.3) is 6.08 Å². The molecule has 0 heterocycles. The summed E-state index contributed by atoms with van der Waals surface area (Å²) in [5.41, 5.74) is 11.3. The molecule has 2 aromatic carbocycles. The number of hydrogen-bond donors (Lipinski definition) is 2. The molecule has 1 fully saturated rings. The van der Waals surface area contributed by atoms with Crippen molar-refractivity contribution < 1.29 is 9.84 Å². The zero-order valence-electron chi connectivity index (χ0n) is 21.1. The van der Waals surface area contributed by atoms with Gasteiger partial charge in [-0.1, -0.05) is 56.3 Å². The normalized spacial score (nSPS) is 15.6. The molecule has 0 unspecified atom stereocenters. The van der Waals surface area contributed by atoms with Gasteiger partial charge >= 0.3 is 0 Å². The number of nitrogens with two attached hydrogens (primary N) is 1. The molecule has 1 aliphatic carbocycles. The fourth-order valence-corrected chi connectivity index (χ4v) is 5.06. The highest BCUT2D eigenvalue weighted by Gasteiger charge is 2.32. The van der Waals surface area contributed by atoms with Crippen LogP contribution in [0.15, 0.2) is 42.5 Å². The maximum Gasteiger partial charge on any atom is 0.122 e. The van der Waals surface area contributed by atoms with E-state index in [2.05, 4.69) is 70.2 Å². The van der Waals surface area contributed by atoms with Crippen molar-refractivity contribution >= 4 is 6.08 Å². The van der Waals surface area contributed by atoms with Crippen molar-refractivity contribution in [1.29, 1.82) is 0 Å². The Bertz CT molecular complexity index is 938. The summed E-state index contributed by atoms with van der Waals surface area (Å²) < 4.78 is 6.06. The van der Waals surface area contributed by atoms with Crippen molar-refractivity contribution in [2.75, 3.05) is 13.2 Å². The number of unbranched alkanes of at least 4 members (excludes halogenated alkanes) is 2. The van der Waals surface area contributed by atoms with Crippen molar-refractivity contribution in [3.8, 4) is 5.75 Å². The number of aryl methyl sites for hydroxylation is 2. The van der Waals surface area contributed by atoms with Gasteiger partial charge in [0, 0.05) is 5.41 Å². The van der Waals surface area contributed by atoms with Gasteiger partial charge in [-0.15, -0.1) is 0 Å². The standard InChI is InChI=1S/C30H43NO2/c1-5-30(6-2,27-13-14-28(24(4)22-27)33-20-9-7-8-19-31)26-12-11-25(23(3)21-26)15-18-29(32)16-10-17-29/h11-15,18,21-22,32H,5-10,16-17,19-20,31H2,1-4H3. The monoisotopic (exact) mass is 449 g/mol. The SMILES string of the molecule is CCC(CC)(c1ccc(C=CC2(O)CCC2)c(C)c1)c1ccc(OCCCCCN)c(C)c1. The van der Waals surface area contributed by atoms with Crippen LogP contribution in [0, 0.1) is 13.8 Å². The summed E-state index contributed by atoms with van der Waals surface area (Å²) in [5, 5.41) is 10.4. The van der Waals surface area contributed by atoms with Crippen molar-refractivity contribution in [3.63, 3.8) is 0 Å². The van der Waals surface area contributed by atoms with Crippen LogP contribution in [0.4, 0.5) is 0 Å². The molecule has 0 radical (unpaired) electrons. The number of hydrogen-bond acceptors (Lipinski definition) is 3. The van der Waals surface area contributed by atoms with E-state index in [0.717, 1.165) is 70.3 Å². The molecule has 0 aromatic heterocycles. The molecule has 180 valence electrons. The Labute approximate surface area is 201 Å². The first-order valence-corrected chi connectivity index (χ1v) is 12.8. The quantitative estimate of drug-likeness (QED) is 0.349. The lowest BCUT2D eigenvalue weighted by Crippen LogP contribution is -2.33. The van der Waals surface area contributed by atoms with Gasteiger partial charge < -0.3 is 15.6 Å². The molecule has 0 bridgehead atoms. The van der Waals surface area contributed by atoms with Gasteiger partial charge in [0.15, 0.2) is 0 Å². The average molecular weight is 450 g/mol. The minimum atomic E-state index is -0.590. The van der Waals surface area contributed by atoms with Crippen molar-refractivity contribution in [3.05, 3.63) is 70.3 Å². The second-order valence-electron chi connectivity index (χ2n) is 9.83. The average Bonchev–Trinajstić information content (AvgIpc) is 2.79. The Morgan fingerprint density at radius 1 is 0.970 bits per heavy atom. The topological polar surface area (TPSA) is 55.5 Å². The molecule has 3 nitrogen and oxygen atoms in total. The third-order valence-corrected chi connectivity index (χ3v) is 7.66. The smallest absolute Gasteiger partial charge is 0.122 e. The van der Waals surface area contributed by atoms with E-state index >= 15 is 0 Å². The molecule has 1 aliphatic rings. The van der Waals surface area contributed by atoms with E-state index in [1.807, 2.05) is 6.08 Å².